The molecule has 0 aromatic carbocycles. The van der Waals surface area contributed by atoms with Gasteiger partial charge in [0.05, 0.1) is 0 Å². The number of piperidine rings is 1. The second kappa shape index (κ2) is 2.62. The molecule has 2 fully saturated rings. The summed E-state index contributed by atoms with van der Waals surface area (Å²) in [6, 6.07) is -0.0227. The van der Waals surface area contributed by atoms with Gasteiger partial charge in [-0.15, -0.1) is 0 Å². The topological polar surface area (TPSA) is 12.0 Å². The molecular weight excluding hydrogens is 167 g/mol. The first-order chi connectivity index (χ1) is 5.60. The van der Waals surface area contributed by atoms with E-state index in [2.05, 4.69) is 5.32 Å². The van der Waals surface area contributed by atoms with Crippen LogP contribution in [0.15, 0.2) is 0 Å². The van der Waals surface area contributed by atoms with Gasteiger partial charge < -0.3 is 5.32 Å². The molecule has 2 unspecified atom stereocenters. The molecule has 2 rings (SSSR count). The van der Waals surface area contributed by atoms with E-state index < -0.39 is 12.1 Å². The Kier molecular flexibility index (Phi) is 1.82. The SMILES string of the molecule is FC(F)C1(F)CC2CCC(C1)N2. The van der Waals surface area contributed by atoms with Crippen LogP contribution in [0.4, 0.5) is 13.2 Å². The Balaban J connectivity index is 2.10. The molecule has 2 atom stereocenters. The minimum Gasteiger partial charge on any atom is -0.311 e. The van der Waals surface area contributed by atoms with Crippen molar-refractivity contribution in [3.8, 4) is 0 Å². The lowest BCUT2D eigenvalue weighted by Gasteiger charge is -2.34. The largest absolute Gasteiger partial charge is 0.311 e. The molecule has 0 aromatic heterocycles. The summed E-state index contributed by atoms with van der Waals surface area (Å²) >= 11 is 0. The van der Waals surface area contributed by atoms with E-state index in [9.17, 15) is 13.2 Å². The fourth-order valence-corrected chi connectivity index (χ4v) is 2.31. The van der Waals surface area contributed by atoms with E-state index in [0.717, 1.165) is 12.8 Å². The highest BCUT2D eigenvalue weighted by molar-refractivity contribution is 5.01. The molecule has 70 valence electrons. The van der Waals surface area contributed by atoms with Crippen LogP contribution < -0.4 is 5.32 Å². The van der Waals surface area contributed by atoms with Gasteiger partial charge in [-0.25, -0.2) is 13.2 Å². The van der Waals surface area contributed by atoms with Crippen molar-refractivity contribution in [2.24, 2.45) is 0 Å². The molecule has 2 saturated heterocycles. The second-order valence-corrected chi connectivity index (χ2v) is 3.88. The number of hydrogen-bond donors (Lipinski definition) is 1. The predicted molar refractivity (Wildman–Crippen MR) is 39.0 cm³/mol. The Bertz CT molecular complexity index is 171. The normalized spacial score (nSPS) is 47.0. The lowest BCUT2D eigenvalue weighted by atomic mass is 9.90. The highest BCUT2D eigenvalue weighted by atomic mass is 19.3. The van der Waals surface area contributed by atoms with Gasteiger partial charge in [0.2, 0.25) is 0 Å². The van der Waals surface area contributed by atoms with Gasteiger partial charge in [0, 0.05) is 24.9 Å². The van der Waals surface area contributed by atoms with E-state index in [0.29, 0.717) is 0 Å². The van der Waals surface area contributed by atoms with Crippen LogP contribution in [0.1, 0.15) is 25.7 Å². The standard InChI is InChI=1S/C8H12F3N/c9-7(10)8(11)3-5-1-2-6(4-8)12-5/h5-7,12H,1-4H2. The maximum Gasteiger partial charge on any atom is 0.272 e. The molecule has 2 aliphatic rings. The van der Waals surface area contributed by atoms with Gasteiger partial charge in [-0.2, -0.15) is 0 Å². The van der Waals surface area contributed by atoms with Crippen molar-refractivity contribution in [1.29, 1.82) is 0 Å². The summed E-state index contributed by atoms with van der Waals surface area (Å²) in [6.45, 7) is 0. The van der Waals surface area contributed by atoms with Crippen LogP contribution in [-0.2, 0) is 0 Å². The summed E-state index contributed by atoms with van der Waals surface area (Å²) in [5.74, 6) is 0. The number of rotatable bonds is 1. The first-order valence-electron chi connectivity index (χ1n) is 4.33. The van der Waals surface area contributed by atoms with Gasteiger partial charge in [-0.05, 0) is 12.8 Å². The van der Waals surface area contributed by atoms with E-state index >= 15 is 0 Å². The number of nitrogens with one attached hydrogen (secondary N) is 1. The number of fused-ring (bicyclic) bond motifs is 2. The summed E-state index contributed by atoms with van der Waals surface area (Å²) in [6.07, 6.45) is -1.14. The molecule has 0 aromatic rings. The third-order valence-corrected chi connectivity index (χ3v) is 2.90. The second-order valence-electron chi connectivity index (χ2n) is 3.88. The summed E-state index contributed by atoms with van der Waals surface area (Å²) < 4.78 is 38.0. The average molecular weight is 179 g/mol. The summed E-state index contributed by atoms with van der Waals surface area (Å²) in [7, 11) is 0. The molecule has 0 radical (unpaired) electrons. The molecule has 0 aliphatic carbocycles. The van der Waals surface area contributed by atoms with Crippen molar-refractivity contribution >= 4 is 0 Å². The molecular formula is C8H12F3N. The van der Waals surface area contributed by atoms with Crippen molar-refractivity contribution < 1.29 is 13.2 Å². The average Bonchev–Trinajstić information content (AvgIpc) is 2.30. The monoisotopic (exact) mass is 179 g/mol. The van der Waals surface area contributed by atoms with Crippen LogP contribution in [0.5, 0.6) is 0 Å². The van der Waals surface area contributed by atoms with Crippen molar-refractivity contribution in [2.75, 3.05) is 0 Å². The molecule has 2 bridgehead atoms. The molecule has 0 spiro atoms. The maximum atomic E-state index is 13.4. The van der Waals surface area contributed by atoms with Gasteiger partial charge >= 0.3 is 0 Å². The third-order valence-electron chi connectivity index (χ3n) is 2.90. The number of hydrogen-bond acceptors (Lipinski definition) is 1. The van der Waals surface area contributed by atoms with Gasteiger partial charge in [-0.1, -0.05) is 0 Å². The van der Waals surface area contributed by atoms with Crippen molar-refractivity contribution in [2.45, 2.75) is 49.9 Å². The summed E-state index contributed by atoms with van der Waals surface area (Å²) in [5, 5.41) is 3.13. The quantitative estimate of drug-likeness (QED) is 0.648. The molecule has 2 heterocycles. The van der Waals surface area contributed by atoms with Crippen molar-refractivity contribution in [1.82, 2.24) is 5.32 Å². The molecule has 2 aliphatic heterocycles. The molecule has 0 saturated carbocycles. The molecule has 4 heteroatoms. The zero-order chi connectivity index (χ0) is 8.77. The molecule has 1 N–H and O–H groups in total. The molecule has 0 amide bonds. The van der Waals surface area contributed by atoms with E-state index in [1.165, 1.54) is 0 Å². The summed E-state index contributed by atoms with van der Waals surface area (Å²) in [4.78, 5) is 0. The third kappa shape index (κ3) is 1.22. The fourth-order valence-electron chi connectivity index (χ4n) is 2.31. The van der Waals surface area contributed by atoms with E-state index in [1.54, 1.807) is 0 Å². The number of halogens is 3. The Morgan fingerprint density at radius 2 is 1.67 bits per heavy atom. The smallest absolute Gasteiger partial charge is 0.272 e. The Labute approximate surface area is 69.3 Å². The minimum atomic E-state index is -2.82. The first kappa shape index (κ1) is 8.35. The van der Waals surface area contributed by atoms with Crippen molar-refractivity contribution in [3.05, 3.63) is 0 Å². The Morgan fingerprint density at radius 3 is 2.08 bits per heavy atom. The highest BCUT2D eigenvalue weighted by Gasteiger charge is 2.49. The van der Waals surface area contributed by atoms with Gasteiger partial charge in [0.25, 0.3) is 6.43 Å². The van der Waals surface area contributed by atoms with Crippen LogP contribution in [0, 0.1) is 0 Å². The van der Waals surface area contributed by atoms with Gasteiger partial charge in [0.15, 0.2) is 5.67 Å². The lowest BCUT2D eigenvalue weighted by Crippen LogP contribution is -2.49. The fraction of sp³-hybridized carbons (Fsp3) is 1.00. The minimum absolute atomic E-state index is 0.0113. The summed E-state index contributed by atoms with van der Waals surface area (Å²) in [5.41, 5.74) is -2.21. The zero-order valence-corrected chi connectivity index (χ0v) is 6.69. The van der Waals surface area contributed by atoms with E-state index in [-0.39, 0.29) is 24.9 Å². The van der Waals surface area contributed by atoms with Crippen LogP contribution in [0.25, 0.3) is 0 Å². The van der Waals surface area contributed by atoms with Crippen LogP contribution >= 0.6 is 0 Å². The van der Waals surface area contributed by atoms with E-state index in [1.807, 2.05) is 0 Å². The molecule has 1 nitrogen and oxygen atoms in total. The molecule has 12 heavy (non-hydrogen) atoms. The Morgan fingerprint density at radius 1 is 1.17 bits per heavy atom. The highest BCUT2D eigenvalue weighted by Crippen LogP contribution is 2.40. The van der Waals surface area contributed by atoms with Crippen LogP contribution in [0.3, 0.4) is 0 Å². The predicted octanol–water partition coefficient (Wildman–Crippen LogP) is 1.87. The van der Waals surface area contributed by atoms with Gasteiger partial charge in [0.1, 0.15) is 0 Å². The first-order valence-corrected chi connectivity index (χ1v) is 4.33. The Hall–Kier alpha value is -0.250. The van der Waals surface area contributed by atoms with Crippen LogP contribution in [0.2, 0.25) is 0 Å². The lowest BCUT2D eigenvalue weighted by molar-refractivity contribution is -0.0635. The van der Waals surface area contributed by atoms with E-state index in [4.69, 9.17) is 0 Å². The maximum absolute atomic E-state index is 13.4. The van der Waals surface area contributed by atoms with Gasteiger partial charge in [-0.3, -0.25) is 0 Å². The van der Waals surface area contributed by atoms with Crippen LogP contribution in [-0.4, -0.2) is 24.2 Å². The zero-order valence-electron chi connectivity index (χ0n) is 6.69. The van der Waals surface area contributed by atoms with Crippen molar-refractivity contribution in [3.63, 3.8) is 0 Å². The number of alkyl halides is 3.